The summed E-state index contributed by atoms with van der Waals surface area (Å²) in [4.78, 5) is 13.5. The van der Waals surface area contributed by atoms with E-state index in [-0.39, 0.29) is 33.6 Å². The molecule has 3 aromatic rings. The molecule has 0 radical (unpaired) electrons. The molecule has 40 heavy (non-hydrogen) atoms. The number of aromatic nitrogens is 4. The molecule has 6 rings (SSSR count). The molecular formula is C25H29F2N9O2S2. The molecule has 1 saturated carbocycles. The van der Waals surface area contributed by atoms with Gasteiger partial charge >= 0.3 is 0 Å². The molecule has 0 amide bonds. The van der Waals surface area contributed by atoms with Crippen molar-refractivity contribution >= 4 is 43.9 Å². The fraction of sp³-hybridized carbons (Fsp3) is 0.560. The number of nitrogens with one attached hydrogen (secondary N) is 2. The van der Waals surface area contributed by atoms with Gasteiger partial charge in [-0.1, -0.05) is 11.3 Å². The van der Waals surface area contributed by atoms with Gasteiger partial charge in [-0.3, -0.25) is 0 Å². The number of halogens is 2. The molecule has 2 aromatic heterocycles. The van der Waals surface area contributed by atoms with E-state index in [9.17, 15) is 22.5 Å². The highest BCUT2D eigenvalue weighted by Gasteiger charge is 2.42. The third-order valence-electron chi connectivity index (χ3n) is 7.51. The van der Waals surface area contributed by atoms with Crippen LogP contribution in [0.1, 0.15) is 45.0 Å². The Balaban J connectivity index is 1.58. The second kappa shape index (κ2) is 9.79. The average Bonchev–Trinajstić information content (AvgIpc) is 3.36. The molecule has 212 valence electrons. The summed E-state index contributed by atoms with van der Waals surface area (Å²) in [5, 5.41) is 20.5. The van der Waals surface area contributed by atoms with Crippen molar-refractivity contribution in [1.29, 1.82) is 5.26 Å². The number of rotatable bonds is 7. The van der Waals surface area contributed by atoms with E-state index in [1.165, 1.54) is 6.07 Å². The van der Waals surface area contributed by atoms with Crippen LogP contribution >= 0.6 is 11.3 Å². The minimum absolute atomic E-state index is 0.0478. The summed E-state index contributed by atoms with van der Waals surface area (Å²) in [5.74, 6) is 0.172. The van der Waals surface area contributed by atoms with E-state index in [0.29, 0.717) is 60.1 Å². The van der Waals surface area contributed by atoms with Crippen LogP contribution in [0.25, 0.3) is 21.6 Å². The SMILES string of the molecule is C[C@H]1CN(c2cc(S(=O)(=O)NC3(C)CC3)cc3c(-c4nnc(C(F)F)s4)nc(N4CC(C#N)C4)nc23)C[C@H](C)N1. The minimum atomic E-state index is -3.92. The molecule has 2 aliphatic heterocycles. The Morgan fingerprint density at radius 1 is 1.12 bits per heavy atom. The number of fused-ring (bicyclic) bond motifs is 1. The van der Waals surface area contributed by atoms with Crippen LogP contribution in [-0.2, 0) is 10.0 Å². The van der Waals surface area contributed by atoms with Crippen molar-refractivity contribution < 1.29 is 17.2 Å². The fourth-order valence-electron chi connectivity index (χ4n) is 5.22. The molecule has 1 aromatic carbocycles. The van der Waals surface area contributed by atoms with E-state index < -0.39 is 27.0 Å². The Bertz CT molecular complexity index is 1600. The van der Waals surface area contributed by atoms with Gasteiger partial charge in [0.1, 0.15) is 5.69 Å². The normalized spacial score (nSPS) is 22.9. The Morgan fingerprint density at radius 2 is 1.82 bits per heavy atom. The first-order valence-electron chi connectivity index (χ1n) is 13.1. The lowest BCUT2D eigenvalue weighted by Gasteiger charge is -2.38. The fourth-order valence-corrected chi connectivity index (χ4v) is 7.43. The monoisotopic (exact) mass is 589 g/mol. The van der Waals surface area contributed by atoms with Gasteiger partial charge in [-0.05, 0) is 45.7 Å². The number of sulfonamides is 1. The number of nitriles is 1. The highest BCUT2D eigenvalue weighted by molar-refractivity contribution is 7.89. The number of hydrogen-bond acceptors (Lipinski definition) is 11. The average molecular weight is 590 g/mol. The van der Waals surface area contributed by atoms with E-state index in [4.69, 9.17) is 4.98 Å². The van der Waals surface area contributed by atoms with E-state index >= 15 is 0 Å². The quantitative estimate of drug-likeness (QED) is 0.423. The summed E-state index contributed by atoms with van der Waals surface area (Å²) < 4.78 is 56.9. The molecular weight excluding hydrogens is 560 g/mol. The number of alkyl halides is 2. The van der Waals surface area contributed by atoms with E-state index in [1.54, 1.807) is 6.07 Å². The van der Waals surface area contributed by atoms with Gasteiger partial charge in [-0.25, -0.2) is 31.9 Å². The third kappa shape index (κ3) is 5.09. The van der Waals surface area contributed by atoms with Crippen LogP contribution in [0.2, 0.25) is 0 Å². The second-order valence-electron chi connectivity index (χ2n) is 11.2. The Morgan fingerprint density at radius 3 is 2.42 bits per heavy atom. The van der Waals surface area contributed by atoms with E-state index in [2.05, 4.69) is 50.0 Å². The maximum absolute atomic E-state index is 13.6. The molecule has 15 heteroatoms. The van der Waals surface area contributed by atoms with Gasteiger partial charge < -0.3 is 15.1 Å². The molecule has 2 atom stereocenters. The van der Waals surface area contributed by atoms with E-state index in [0.717, 1.165) is 12.8 Å². The topological polar surface area (TPSA) is 140 Å². The van der Waals surface area contributed by atoms with Gasteiger partial charge in [-0.2, -0.15) is 5.26 Å². The minimum Gasteiger partial charge on any atom is -0.367 e. The lowest BCUT2D eigenvalue weighted by atomic mass is 10.0. The first kappa shape index (κ1) is 27.1. The standard InChI is InChI=1S/C25H29F2N9O2S2/c1-13-9-35(10-14(2)29-13)18-7-16(40(37,38)34-25(3)4-5-25)6-17-19(18)30-24(36-11-15(8-28)12-36)31-20(17)22-32-33-23(39-22)21(26)27/h6-7,13-15,21,29,34H,4-5,9-12H2,1-3H3/t13-,14-/m0/s1. The summed E-state index contributed by atoms with van der Waals surface area (Å²) in [6.07, 6.45) is -1.31. The lowest BCUT2D eigenvalue weighted by Crippen LogP contribution is -2.54. The summed E-state index contributed by atoms with van der Waals surface area (Å²) in [6.45, 7) is 8.07. The van der Waals surface area contributed by atoms with E-state index in [1.807, 2.05) is 11.8 Å². The van der Waals surface area contributed by atoms with Gasteiger partial charge in [0.15, 0.2) is 10.0 Å². The highest BCUT2D eigenvalue weighted by Crippen LogP contribution is 2.41. The molecule has 0 bridgehead atoms. The van der Waals surface area contributed by atoms with Gasteiger partial charge in [0.05, 0.1) is 28.1 Å². The Labute approximate surface area is 234 Å². The third-order valence-corrected chi connectivity index (χ3v) is 10.1. The van der Waals surface area contributed by atoms with Crippen molar-refractivity contribution in [3.63, 3.8) is 0 Å². The molecule has 2 saturated heterocycles. The maximum atomic E-state index is 13.6. The zero-order valence-electron chi connectivity index (χ0n) is 22.2. The van der Waals surface area contributed by atoms with Crippen LogP contribution in [0, 0.1) is 17.2 Å². The zero-order chi connectivity index (χ0) is 28.4. The number of benzene rings is 1. The Hall–Kier alpha value is -3.06. The smallest absolute Gasteiger partial charge is 0.291 e. The number of hydrogen-bond donors (Lipinski definition) is 2. The molecule has 2 N–H and O–H groups in total. The highest BCUT2D eigenvalue weighted by atomic mass is 32.2. The van der Waals surface area contributed by atoms with Crippen LogP contribution in [0.15, 0.2) is 17.0 Å². The number of piperazine rings is 1. The van der Waals surface area contributed by atoms with Crippen molar-refractivity contribution in [2.45, 2.75) is 62.6 Å². The summed E-state index contributed by atoms with van der Waals surface area (Å²) >= 11 is 0.714. The van der Waals surface area contributed by atoms with Gasteiger partial charge in [0.25, 0.3) is 6.43 Å². The number of anilines is 2. The maximum Gasteiger partial charge on any atom is 0.291 e. The largest absolute Gasteiger partial charge is 0.367 e. The molecule has 1 aliphatic carbocycles. The molecule has 0 unspecified atom stereocenters. The van der Waals surface area contributed by atoms with Crippen LogP contribution in [0.3, 0.4) is 0 Å². The molecule has 4 heterocycles. The first-order chi connectivity index (χ1) is 18.9. The van der Waals surface area contributed by atoms with Crippen molar-refractivity contribution in [3.8, 4) is 16.8 Å². The van der Waals surface area contributed by atoms with Crippen LogP contribution in [-0.4, -0.2) is 72.4 Å². The van der Waals surface area contributed by atoms with Crippen molar-refractivity contribution in [1.82, 2.24) is 30.2 Å². The summed E-state index contributed by atoms with van der Waals surface area (Å²) in [7, 11) is -3.92. The van der Waals surface area contributed by atoms with Crippen molar-refractivity contribution in [2.24, 2.45) is 5.92 Å². The van der Waals surface area contributed by atoms with Crippen LogP contribution in [0.5, 0.6) is 0 Å². The second-order valence-corrected chi connectivity index (χ2v) is 13.9. The Kier molecular flexibility index (Phi) is 6.64. The molecule has 3 aliphatic rings. The summed E-state index contributed by atoms with van der Waals surface area (Å²) in [5.41, 5.74) is 0.846. The lowest BCUT2D eigenvalue weighted by molar-refractivity contribution is 0.150. The number of nitrogens with zero attached hydrogens (tertiary/aromatic N) is 7. The predicted molar refractivity (Wildman–Crippen MR) is 147 cm³/mol. The van der Waals surface area contributed by atoms with Crippen molar-refractivity contribution in [2.75, 3.05) is 36.0 Å². The van der Waals surface area contributed by atoms with Gasteiger partial charge in [-0.15, -0.1) is 10.2 Å². The van der Waals surface area contributed by atoms with Crippen LogP contribution in [0.4, 0.5) is 20.4 Å². The van der Waals surface area contributed by atoms with Gasteiger partial charge in [0, 0.05) is 49.2 Å². The van der Waals surface area contributed by atoms with Crippen molar-refractivity contribution in [3.05, 3.63) is 17.1 Å². The predicted octanol–water partition coefficient (Wildman–Crippen LogP) is 3.06. The van der Waals surface area contributed by atoms with Gasteiger partial charge in [0.2, 0.25) is 16.0 Å². The summed E-state index contributed by atoms with van der Waals surface area (Å²) in [6, 6.07) is 5.63. The zero-order valence-corrected chi connectivity index (χ0v) is 23.9. The molecule has 3 fully saturated rings. The first-order valence-corrected chi connectivity index (χ1v) is 15.4. The molecule has 11 nitrogen and oxygen atoms in total. The molecule has 0 spiro atoms. The van der Waals surface area contributed by atoms with Crippen LogP contribution < -0.4 is 19.8 Å².